The van der Waals surface area contributed by atoms with Crippen molar-refractivity contribution in [3.63, 3.8) is 0 Å². The highest BCUT2D eigenvalue weighted by atomic mass is 28.3. The second-order valence-electron chi connectivity index (χ2n) is 7.17. The number of aromatic carboxylic acids is 1. The van der Waals surface area contributed by atoms with E-state index in [0.717, 1.165) is 29.5 Å². The van der Waals surface area contributed by atoms with Crippen molar-refractivity contribution in [1.29, 1.82) is 0 Å². The summed E-state index contributed by atoms with van der Waals surface area (Å²) in [4.78, 5) is 11.0. The summed E-state index contributed by atoms with van der Waals surface area (Å²) in [6, 6.07) is 7.87. The zero-order valence-electron chi connectivity index (χ0n) is 15.3. The fraction of sp³-hybridized carbons (Fsp3) is 0.444. The van der Waals surface area contributed by atoms with Crippen molar-refractivity contribution in [3.8, 4) is 11.1 Å². The van der Waals surface area contributed by atoms with Gasteiger partial charge in [-0.15, -0.1) is 0 Å². The van der Waals surface area contributed by atoms with Crippen molar-refractivity contribution < 1.29 is 19.4 Å². The number of benzene rings is 1. The Bertz CT molecular complexity index is 705. The third-order valence-corrected chi connectivity index (χ3v) is 5.59. The van der Waals surface area contributed by atoms with E-state index in [1.54, 1.807) is 42.3 Å². The Morgan fingerprint density at radius 1 is 1.24 bits per heavy atom. The van der Waals surface area contributed by atoms with Gasteiger partial charge in [-0.3, -0.25) is 0 Å². The van der Waals surface area contributed by atoms with Crippen LogP contribution in [0.15, 0.2) is 30.5 Å². The van der Waals surface area contributed by atoms with Crippen molar-refractivity contribution in [1.82, 2.24) is 9.78 Å². The molecule has 6 nitrogen and oxygen atoms in total. The molecule has 7 heteroatoms. The third kappa shape index (κ3) is 5.52. The van der Waals surface area contributed by atoms with E-state index in [4.69, 9.17) is 14.6 Å². The quantitative estimate of drug-likeness (QED) is 0.544. The highest BCUT2D eigenvalue weighted by Gasteiger charge is 2.15. The van der Waals surface area contributed by atoms with E-state index in [1.807, 2.05) is 0 Å². The average molecular weight is 363 g/mol. The predicted octanol–water partition coefficient (Wildman–Crippen LogP) is 3.71. The summed E-state index contributed by atoms with van der Waals surface area (Å²) in [5, 5.41) is 13.4. The van der Waals surface area contributed by atoms with E-state index in [0.29, 0.717) is 13.3 Å². The van der Waals surface area contributed by atoms with Gasteiger partial charge in [-0.1, -0.05) is 31.8 Å². The second kappa shape index (κ2) is 8.42. The number of ether oxygens (including phenoxy) is 2. The lowest BCUT2D eigenvalue weighted by Crippen LogP contribution is -2.22. The molecule has 1 heterocycles. The lowest BCUT2D eigenvalue weighted by Gasteiger charge is -2.16. The summed E-state index contributed by atoms with van der Waals surface area (Å²) in [5.41, 5.74) is 3.01. The Balaban J connectivity index is 2.14. The molecule has 0 aliphatic carbocycles. The Labute approximate surface area is 149 Å². The van der Waals surface area contributed by atoms with E-state index in [1.165, 1.54) is 0 Å². The molecule has 1 aromatic heterocycles. The standard InChI is InChI=1S/C18H26N2O4Si/c1-23-12-17-16(14-5-7-15(8-6-14)18(21)22)11-19-20(17)13-24-9-10-25(2,3)4/h5-8,11H,9-10,12-13H2,1-4H3,(H,21,22). The van der Waals surface area contributed by atoms with Gasteiger partial charge in [-0.2, -0.15) is 5.10 Å². The van der Waals surface area contributed by atoms with Gasteiger partial charge in [0.1, 0.15) is 6.73 Å². The molecular weight excluding hydrogens is 336 g/mol. The molecule has 0 fully saturated rings. The third-order valence-electron chi connectivity index (χ3n) is 3.88. The van der Waals surface area contributed by atoms with E-state index in [2.05, 4.69) is 24.7 Å². The van der Waals surface area contributed by atoms with Crippen LogP contribution in [0.3, 0.4) is 0 Å². The van der Waals surface area contributed by atoms with Crippen molar-refractivity contribution >= 4 is 14.0 Å². The fourth-order valence-corrected chi connectivity index (χ4v) is 3.13. The van der Waals surface area contributed by atoms with Crippen LogP contribution in [0.25, 0.3) is 11.1 Å². The monoisotopic (exact) mass is 362 g/mol. The molecule has 0 bridgehead atoms. The van der Waals surface area contributed by atoms with E-state index in [-0.39, 0.29) is 5.56 Å². The zero-order valence-corrected chi connectivity index (χ0v) is 16.3. The van der Waals surface area contributed by atoms with Crippen LogP contribution in [0.4, 0.5) is 0 Å². The topological polar surface area (TPSA) is 73.6 Å². The van der Waals surface area contributed by atoms with Gasteiger partial charge in [-0.25, -0.2) is 9.48 Å². The number of aromatic nitrogens is 2. The zero-order chi connectivity index (χ0) is 18.4. The van der Waals surface area contributed by atoms with Crippen LogP contribution < -0.4 is 0 Å². The molecule has 1 aromatic carbocycles. The maximum Gasteiger partial charge on any atom is 0.335 e. The van der Waals surface area contributed by atoms with Crippen molar-refractivity contribution in [2.75, 3.05) is 13.7 Å². The van der Waals surface area contributed by atoms with Crippen LogP contribution in [0.1, 0.15) is 16.1 Å². The molecule has 0 amide bonds. The van der Waals surface area contributed by atoms with Crippen LogP contribution in [-0.2, 0) is 22.8 Å². The minimum atomic E-state index is -1.11. The molecule has 2 rings (SSSR count). The Kier molecular flexibility index (Phi) is 6.52. The summed E-state index contributed by atoms with van der Waals surface area (Å²) >= 11 is 0. The van der Waals surface area contributed by atoms with Crippen molar-refractivity contribution in [2.24, 2.45) is 0 Å². The predicted molar refractivity (Wildman–Crippen MR) is 99.4 cm³/mol. The number of carboxylic acids is 1. The van der Waals surface area contributed by atoms with Gasteiger partial charge in [0.2, 0.25) is 0 Å². The first-order chi connectivity index (χ1) is 11.8. The fourth-order valence-electron chi connectivity index (χ4n) is 2.37. The summed E-state index contributed by atoms with van der Waals surface area (Å²) < 4.78 is 12.9. The van der Waals surface area contributed by atoms with Gasteiger partial charge in [0, 0.05) is 27.4 Å². The molecule has 0 unspecified atom stereocenters. The largest absolute Gasteiger partial charge is 0.478 e. The van der Waals surface area contributed by atoms with Crippen LogP contribution in [-0.4, -0.2) is 42.6 Å². The molecule has 0 saturated carbocycles. The van der Waals surface area contributed by atoms with Gasteiger partial charge >= 0.3 is 5.97 Å². The first kappa shape index (κ1) is 19.4. The summed E-state index contributed by atoms with van der Waals surface area (Å²) in [6.07, 6.45) is 1.77. The molecule has 0 aliphatic heterocycles. The molecule has 0 atom stereocenters. The van der Waals surface area contributed by atoms with Gasteiger partial charge in [0.05, 0.1) is 24.1 Å². The van der Waals surface area contributed by atoms with Crippen LogP contribution >= 0.6 is 0 Å². The number of carbonyl (C=O) groups is 1. The number of methoxy groups -OCH3 is 1. The number of carboxylic acid groups (broad SMARTS) is 1. The highest BCUT2D eigenvalue weighted by molar-refractivity contribution is 6.76. The first-order valence-electron chi connectivity index (χ1n) is 8.27. The van der Waals surface area contributed by atoms with E-state index in [9.17, 15) is 4.79 Å². The smallest absolute Gasteiger partial charge is 0.335 e. The van der Waals surface area contributed by atoms with Crippen molar-refractivity contribution in [2.45, 2.75) is 39.0 Å². The summed E-state index contributed by atoms with van der Waals surface area (Å²) in [5.74, 6) is -0.935. The average Bonchev–Trinajstić information content (AvgIpc) is 2.94. The van der Waals surface area contributed by atoms with Gasteiger partial charge in [0.25, 0.3) is 0 Å². The SMILES string of the molecule is COCc1c(-c2ccc(C(=O)O)cc2)cnn1COCC[Si](C)(C)C. The van der Waals surface area contributed by atoms with Gasteiger partial charge < -0.3 is 14.6 Å². The van der Waals surface area contributed by atoms with Crippen LogP contribution in [0.5, 0.6) is 0 Å². The molecular formula is C18H26N2O4Si. The maximum absolute atomic E-state index is 11.0. The van der Waals surface area contributed by atoms with Gasteiger partial charge in [-0.05, 0) is 23.7 Å². The van der Waals surface area contributed by atoms with E-state index >= 15 is 0 Å². The van der Waals surface area contributed by atoms with Crippen LogP contribution in [0.2, 0.25) is 25.7 Å². The van der Waals surface area contributed by atoms with E-state index < -0.39 is 14.0 Å². The number of hydrogen-bond acceptors (Lipinski definition) is 4. The summed E-state index contributed by atoms with van der Waals surface area (Å²) in [6.45, 7) is 8.48. The maximum atomic E-state index is 11.0. The number of rotatable bonds is 9. The minimum Gasteiger partial charge on any atom is -0.478 e. The lowest BCUT2D eigenvalue weighted by atomic mass is 10.0. The second-order valence-corrected chi connectivity index (χ2v) is 12.8. The normalized spacial score (nSPS) is 11.7. The van der Waals surface area contributed by atoms with Gasteiger partial charge in [0.15, 0.2) is 0 Å². The van der Waals surface area contributed by atoms with Crippen LogP contribution in [0, 0.1) is 0 Å². The molecule has 0 saturated heterocycles. The highest BCUT2D eigenvalue weighted by Crippen LogP contribution is 2.25. The molecule has 0 spiro atoms. The Morgan fingerprint density at radius 3 is 2.48 bits per heavy atom. The summed E-state index contributed by atoms with van der Waals surface area (Å²) in [7, 11) is 0.526. The number of hydrogen-bond donors (Lipinski definition) is 1. The first-order valence-corrected chi connectivity index (χ1v) is 12.0. The molecule has 2 aromatic rings. The minimum absolute atomic E-state index is 0.263. The Hall–Kier alpha value is -1.96. The lowest BCUT2D eigenvalue weighted by molar-refractivity contribution is 0.0696. The molecule has 136 valence electrons. The Morgan fingerprint density at radius 2 is 1.92 bits per heavy atom. The molecule has 1 N–H and O–H groups in total. The molecule has 0 aliphatic rings. The molecule has 0 radical (unpaired) electrons. The van der Waals surface area contributed by atoms with Crippen molar-refractivity contribution in [3.05, 3.63) is 41.7 Å². The number of nitrogens with zero attached hydrogens (tertiary/aromatic N) is 2. The molecule has 25 heavy (non-hydrogen) atoms.